The van der Waals surface area contributed by atoms with Crippen LogP contribution in [0.2, 0.25) is 0 Å². The van der Waals surface area contributed by atoms with Crippen molar-refractivity contribution < 1.29 is 24.9 Å². The van der Waals surface area contributed by atoms with Gasteiger partial charge in [0.1, 0.15) is 6.10 Å². The van der Waals surface area contributed by atoms with Crippen molar-refractivity contribution in [1.29, 1.82) is 0 Å². The van der Waals surface area contributed by atoms with Gasteiger partial charge in [0.25, 0.3) is 0 Å². The number of rotatable bonds is 4. The number of hydrogen-bond donors (Lipinski definition) is 3. The fraction of sp³-hybridized carbons (Fsp3) is 0.571. The lowest BCUT2D eigenvalue weighted by Crippen LogP contribution is -2.45. The summed E-state index contributed by atoms with van der Waals surface area (Å²) in [5.41, 5.74) is 0. The number of aliphatic hydroxyl groups is 3. The molecule has 70 valence electrons. The maximum atomic E-state index is 10.5. The van der Waals surface area contributed by atoms with Crippen molar-refractivity contribution in [3.63, 3.8) is 0 Å². The van der Waals surface area contributed by atoms with E-state index in [0.29, 0.717) is 0 Å². The number of carbonyl (C=O) groups is 1. The van der Waals surface area contributed by atoms with E-state index in [0.717, 1.165) is 6.08 Å². The third-order valence-corrected chi connectivity index (χ3v) is 1.24. The van der Waals surface area contributed by atoms with Crippen molar-refractivity contribution in [2.45, 2.75) is 25.4 Å². The summed E-state index contributed by atoms with van der Waals surface area (Å²) in [4.78, 5) is 10.5. The average molecular weight is 176 g/mol. The summed E-state index contributed by atoms with van der Waals surface area (Å²) in [6, 6.07) is 0. The van der Waals surface area contributed by atoms with Gasteiger partial charge in [0.15, 0.2) is 0 Å². The second kappa shape index (κ2) is 4.20. The smallest absolute Gasteiger partial charge is 0.351 e. The summed E-state index contributed by atoms with van der Waals surface area (Å²) in [7, 11) is 0. The van der Waals surface area contributed by atoms with E-state index >= 15 is 0 Å². The predicted molar refractivity (Wildman–Crippen MR) is 39.8 cm³/mol. The molecule has 5 heteroatoms. The van der Waals surface area contributed by atoms with E-state index in [2.05, 4.69) is 11.3 Å². The summed E-state index contributed by atoms with van der Waals surface area (Å²) in [5.74, 6) is -3.84. The Labute approximate surface area is 69.9 Å². The highest BCUT2D eigenvalue weighted by atomic mass is 16.8. The quantitative estimate of drug-likeness (QED) is 0.294. The molecule has 0 aliphatic heterocycles. The molecular formula is C7H12O5. The summed E-state index contributed by atoms with van der Waals surface area (Å²) in [5, 5.41) is 26.7. The normalized spacial score (nSPS) is 13.7. The van der Waals surface area contributed by atoms with Crippen LogP contribution in [0.4, 0.5) is 0 Å². The van der Waals surface area contributed by atoms with Crippen molar-refractivity contribution in [3.05, 3.63) is 12.7 Å². The van der Waals surface area contributed by atoms with Crippen LogP contribution in [0.1, 0.15) is 13.3 Å². The molecule has 0 aromatic carbocycles. The minimum Gasteiger partial charge on any atom is -0.403 e. The van der Waals surface area contributed by atoms with E-state index in [1.807, 2.05) is 0 Å². The molecule has 0 fully saturated rings. The van der Waals surface area contributed by atoms with E-state index in [1.54, 1.807) is 0 Å². The molecule has 12 heavy (non-hydrogen) atoms. The van der Waals surface area contributed by atoms with Gasteiger partial charge < -0.3 is 20.1 Å². The predicted octanol–water partition coefficient (Wildman–Crippen LogP) is -0.875. The molecule has 5 nitrogen and oxygen atoms in total. The van der Waals surface area contributed by atoms with Crippen molar-refractivity contribution in [2.24, 2.45) is 0 Å². The molecule has 0 saturated carbocycles. The lowest BCUT2D eigenvalue weighted by atomic mass is 10.2. The Kier molecular flexibility index (Phi) is 3.88. The maximum absolute atomic E-state index is 10.5. The second-order valence-electron chi connectivity index (χ2n) is 2.21. The van der Waals surface area contributed by atoms with Crippen molar-refractivity contribution in [2.75, 3.05) is 0 Å². The lowest BCUT2D eigenvalue weighted by molar-refractivity contribution is -0.356. The zero-order valence-electron chi connectivity index (χ0n) is 6.73. The molecule has 0 aliphatic carbocycles. The Bertz CT molecular complexity index is 175. The van der Waals surface area contributed by atoms with Crippen LogP contribution in [-0.4, -0.2) is 33.4 Å². The Balaban J connectivity index is 4.20. The molecule has 0 rings (SSSR count). The van der Waals surface area contributed by atoms with Crippen LogP contribution in [-0.2, 0) is 9.53 Å². The fourth-order valence-electron chi connectivity index (χ4n) is 0.524. The van der Waals surface area contributed by atoms with E-state index < -0.39 is 18.0 Å². The Morgan fingerprint density at radius 3 is 2.58 bits per heavy atom. The summed E-state index contributed by atoms with van der Waals surface area (Å²) in [6.45, 7) is 4.56. The summed E-state index contributed by atoms with van der Waals surface area (Å²) in [6.07, 6.45) is -0.706. The van der Waals surface area contributed by atoms with Gasteiger partial charge in [0.2, 0.25) is 0 Å². The van der Waals surface area contributed by atoms with Crippen LogP contribution >= 0.6 is 0 Å². The first-order valence-corrected chi connectivity index (χ1v) is 3.42. The van der Waals surface area contributed by atoms with Gasteiger partial charge >= 0.3 is 11.9 Å². The first-order chi connectivity index (χ1) is 5.44. The molecule has 0 aromatic rings. The van der Waals surface area contributed by atoms with Crippen LogP contribution < -0.4 is 0 Å². The third-order valence-electron chi connectivity index (χ3n) is 1.24. The van der Waals surface area contributed by atoms with Crippen LogP contribution in [0.25, 0.3) is 0 Å². The fourth-order valence-corrected chi connectivity index (χ4v) is 0.524. The molecule has 0 aliphatic rings. The van der Waals surface area contributed by atoms with Crippen molar-refractivity contribution >= 4 is 5.97 Å². The third kappa shape index (κ3) is 3.00. The molecule has 1 atom stereocenters. The molecule has 0 radical (unpaired) electrons. The zero-order valence-corrected chi connectivity index (χ0v) is 6.73. The molecule has 1 unspecified atom stereocenters. The molecule has 0 spiro atoms. The molecule has 0 saturated heterocycles. The molecule has 0 amide bonds. The van der Waals surface area contributed by atoms with Gasteiger partial charge in [-0.1, -0.05) is 13.5 Å². The molecule has 0 heterocycles. The number of ether oxygens (including phenoxy) is 1. The molecule has 3 N–H and O–H groups in total. The molecule has 0 aromatic heterocycles. The first-order valence-electron chi connectivity index (χ1n) is 3.42. The van der Waals surface area contributed by atoms with Crippen LogP contribution in [0, 0.1) is 0 Å². The Morgan fingerprint density at radius 1 is 1.75 bits per heavy atom. The second-order valence-corrected chi connectivity index (χ2v) is 2.21. The van der Waals surface area contributed by atoms with Gasteiger partial charge in [-0.3, -0.25) is 0 Å². The molecule has 0 bridgehead atoms. The van der Waals surface area contributed by atoms with Gasteiger partial charge in [0.05, 0.1) is 0 Å². The Morgan fingerprint density at radius 2 is 2.25 bits per heavy atom. The van der Waals surface area contributed by atoms with Gasteiger partial charge in [0, 0.05) is 6.08 Å². The van der Waals surface area contributed by atoms with Crippen molar-refractivity contribution in [1.82, 2.24) is 0 Å². The van der Waals surface area contributed by atoms with E-state index in [1.165, 1.54) is 6.92 Å². The van der Waals surface area contributed by atoms with Gasteiger partial charge in [-0.05, 0) is 6.42 Å². The summed E-state index contributed by atoms with van der Waals surface area (Å²) >= 11 is 0. The highest BCUT2D eigenvalue weighted by molar-refractivity contribution is 5.81. The standard InChI is InChI=1S/C7H12O5/c1-3-5(8)7(10,11)12-6(9)4-2/h4-5,8,10-11H,2-3H2,1H3. The average Bonchev–Trinajstić information content (AvgIpc) is 2.02. The van der Waals surface area contributed by atoms with Crippen LogP contribution in [0.3, 0.4) is 0 Å². The first kappa shape index (κ1) is 11.1. The highest BCUT2D eigenvalue weighted by Gasteiger charge is 2.35. The number of aliphatic hydroxyl groups excluding tert-OH is 1. The van der Waals surface area contributed by atoms with E-state index in [9.17, 15) is 4.79 Å². The van der Waals surface area contributed by atoms with Gasteiger partial charge in [-0.2, -0.15) is 0 Å². The van der Waals surface area contributed by atoms with Crippen LogP contribution in [0.5, 0.6) is 0 Å². The maximum Gasteiger partial charge on any atom is 0.351 e. The molecular weight excluding hydrogens is 164 g/mol. The van der Waals surface area contributed by atoms with E-state index in [-0.39, 0.29) is 6.42 Å². The highest BCUT2D eigenvalue weighted by Crippen LogP contribution is 2.11. The number of hydrogen-bond acceptors (Lipinski definition) is 5. The minimum absolute atomic E-state index is 0.0530. The van der Waals surface area contributed by atoms with Gasteiger partial charge in [-0.25, -0.2) is 4.79 Å². The largest absolute Gasteiger partial charge is 0.403 e. The topological polar surface area (TPSA) is 87.0 Å². The zero-order chi connectivity index (χ0) is 9.78. The SMILES string of the molecule is C=CC(=O)OC(O)(O)C(O)CC. The summed E-state index contributed by atoms with van der Waals surface area (Å²) < 4.78 is 4.04. The number of esters is 1. The minimum atomic E-state index is -2.83. The Hall–Kier alpha value is -0.910. The van der Waals surface area contributed by atoms with E-state index in [4.69, 9.17) is 15.3 Å². The van der Waals surface area contributed by atoms with Gasteiger partial charge in [-0.15, -0.1) is 0 Å². The van der Waals surface area contributed by atoms with Crippen molar-refractivity contribution in [3.8, 4) is 0 Å². The van der Waals surface area contributed by atoms with Crippen LogP contribution in [0.15, 0.2) is 12.7 Å². The lowest BCUT2D eigenvalue weighted by Gasteiger charge is -2.24. The number of carbonyl (C=O) groups excluding carboxylic acids is 1. The monoisotopic (exact) mass is 176 g/mol.